The molecule has 0 aliphatic heterocycles. The molecule has 280 valence electrons. The lowest BCUT2D eigenvalue weighted by Gasteiger charge is -2.35. The van der Waals surface area contributed by atoms with Crippen LogP contribution in [0.15, 0.2) is 237 Å². The third-order valence-electron chi connectivity index (χ3n) is 12.9. The fourth-order valence-electron chi connectivity index (χ4n) is 10.3. The van der Waals surface area contributed by atoms with Crippen LogP contribution in [-0.4, -0.2) is 0 Å². The Bertz CT molecular complexity index is 3150. The van der Waals surface area contributed by atoms with Crippen molar-refractivity contribution in [3.63, 3.8) is 0 Å². The topological polar surface area (TPSA) is 3.24 Å². The van der Waals surface area contributed by atoms with Crippen LogP contribution in [0.5, 0.6) is 0 Å². The highest BCUT2D eigenvalue weighted by Gasteiger charge is 2.46. The molecule has 0 fully saturated rings. The third-order valence-corrected chi connectivity index (χ3v) is 12.9. The van der Waals surface area contributed by atoms with Crippen LogP contribution in [0.4, 0.5) is 17.1 Å². The van der Waals surface area contributed by atoms with Gasteiger partial charge in [-0.15, -0.1) is 0 Å². The maximum absolute atomic E-state index is 2.49. The van der Waals surface area contributed by atoms with Crippen LogP contribution in [0.3, 0.4) is 0 Å². The molecule has 0 amide bonds. The molecule has 10 aromatic carbocycles. The second-order valence-corrected chi connectivity index (χ2v) is 16.0. The number of fused-ring (bicyclic) bond motifs is 6. The summed E-state index contributed by atoms with van der Waals surface area (Å²) in [6.45, 7) is 0. The van der Waals surface area contributed by atoms with E-state index >= 15 is 0 Å². The molecule has 0 saturated carbocycles. The quantitative estimate of drug-likeness (QED) is 0.156. The second kappa shape index (κ2) is 13.7. The lowest BCUT2D eigenvalue weighted by molar-refractivity contribution is 0.768. The minimum atomic E-state index is -0.569. The fraction of sp³-hybridized carbons (Fsp3) is 0.0169. The Labute approximate surface area is 351 Å². The first kappa shape index (κ1) is 34.3. The van der Waals surface area contributed by atoms with Crippen LogP contribution in [0.1, 0.15) is 22.3 Å². The van der Waals surface area contributed by atoms with E-state index in [1.54, 1.807) is 0 Å². The molecule has 0 atom stereocenters. The maximum atomic E-state index is 2.49. The molecule has 10 aromatic rings. The zero-order valence-electron chi connectivity index (χ0n) is 33.0. The zero-order valence-corrected chi connectivity index (χ0v) is 33.0. The van der Waals surface area contributed by atoms with Gasteiger partial charge in [0.25, 0.3) is 0 Å². The molecule has 0 heterocycles. The van der Waals surface area contributed by atoms with E-state index in [9.17, 15) is 0 Å². The third kappa shape index (κ3) is 5.13. The molecule has 0 spiro atoms. The molecule has 1 nitrogen and oxygen atoms in total. The Morgan fingerprint density at radius 3 is 1.37 bits per heavy atom. The predicted molar refractivity (Wildman–Crippen MR) is 251 cm³/mol. The first-order valence-electron chi connectivity index (χ1n) is 20.8. The summed E-state index contributed by atoms with van der Waals surface area (Å²) in [5.74, 6) is 0. The number of hydrogen-bond acceptors (Lipinski definition) is 1. The van der Waals surface area contributed by atoms with Gasteiger partial charge in [-0.1, -0.05) is 200 Å². The highest BCUT2D eigenvalue weighted by molar-refractivity contribution is 6.19. The van der Waals surface area contributed by atoms with E-state index in [1.165, 1.54) is 88.7 Å². The van der Waals surface area contributed by atoms with Crippen LogP contribution in [0.2, 0.25) is 0 Å². The summed E-state index contributed by atoms with van der Waals surface area (Å²) in [7, 11) is 0. The normalized spacial score (nSPS) is 12.8. The maximum Gasteiger partial charge on any atom is 0.0714 e. The monoisotopic (exact) mass is 761 g/mol. The minimum absolute atomic E-state index is 0.569. The van der Waals surface area contributed by atoms with E-state index in [4.69, 9.17) is 0 Å². The summed E-state index contributed by atoms with van der Waals surface area (Å²) >= 11 is 0. The predicted octanol–water partition coefficient (Wildman–Crippen LogP) is 15.7. The average molecular weight is 762 g/mol. The van der Waals surface area contributed by atoms with Gasteiger partial charge in [-0.3, -0.25) is 0 Å². The van der Waals surface area contributed by atoms with Gasteiger partial charge < -0.3 is 4.90 Å². The van der Waals surface area contributed by atoms with Crippen molar-refractivity contribution in [1.29, 1.82) is 0 Å². The van der Waals surface area contributed by atoms with Crippen LogP contribution in [0, 0.1) is 0 Å². The van der Waals surface area contributed by atoms with Gasteiger partial charge in [-0.2, -0.15) is 0 Å². The largest absolute Gasteiger partial charge is 0.310 e. The molecular weight excluding hydrogens is 723 g/mol. The Kier molecular flexibility index (Phi) is 7.83. The van der Waals surface area contributed by atoms with Gasteiger partial charge in [0.15, 0.2) is 0 Å². The lowest BCUT2D eigenvalue weighted by atomic mass is 9.67. The van der Waals surface area contributed by atoms with Gasteiger partial charge in [0.2, 0.25) is 0 Å². The number of hydrogen-bond donors (Lipinski definition) is 0. The smallest absolute Gasteiger partial charge is 0.0714 e. The van der Waals surface area contributed by atoms with Crippen LogP contribution < -0.4 is 4.90 Å². The zero-order chi connectivity index (χ0) is 39.6. The Morgan fingerprint density at radius 2 is 0.733 bits per heavy atom. The van der Waals surface area contributed by atoms with Crippen molar-refractivity contribution in [3.8, 4) is 55.6 Å². The molecule has 12 rings (SSSR count). The number of nitrogens with zero attached hydrogens (tertiary/aromatic N) is 1. The number of anilines is 3. The van der Waals surface area contributed by atoms with Crippen LogP contribution >= 0.6 is 0 Å². The Balaban J connectivity index is 1.13. The molecule has 0 radical (unpaired) electrons. The van der Waals surface area contributed by atoms with Crippen molar-refractivity contribution in [2.24, 2.45) is 0 Å². The van der Waals surface area contributed by atoms with Gasteiger partial charge >= 0.3 is 0 Å². The molecule has 2 aliphatic rings. The first-order valence-corrected chi connectivity index (χ1v) is 20.8. The standard InChI is InChI=1S/C59H39N/c1-5-16-40(17-6-1)42-28-31-46(32-29-42)60(57-37-36-53-49-25-14-13-24-48(49)52-26-15-27-54(57)58(52)53)47-33-35-51-50-34-30-43(41-18-7-2-8-19-41)38-55(50)59(56(51)39-47,44-20-9-3-10-21-44)45-22-11-4-12-23-45/h1-39H. The molecule has 0 aromatic heterocycles. The van der Waals surface area contributed by atoms with Crippen molar-refractivity contribution >= 4 is 27.8 Å². The van der Waals surface area contributed by atoms with Crippen molar-refractivity contribution in [2.45, 2.75) is 5.41 Å². The van der Waals surface area contributed by atoms with E-state index < -0.39 is 5.41 Å². The summed E-state index contributed by atoms with van der Waals surface area (Å²) < 4.78 is 0. The van der Waals surface area contributed by atoms with E-state index in [2.05, 4.69) is 241 Å². The van der Waals surface area contributed by atoms with E-state index in [0.29, 0.717) is 0 Å². The van der Waals surface area contributed by atoms with Gasteiger partial charge in [-0.05, 0) is 120 Å². The summed E-state index contributed by atoms with van der Waals surface area (Å²) in [4.78, 5) is 2.49. The van der Waals surface area contributed by atoms with Gasteiger partial charge in [0, 0.05) is 16.8 Å². The average Bonchev–Trinajstić information content (AvgIpc) is 3.82. The van der Waals surface area contributed by atoms with Crippen molar-refractivity contribution < 1.29 is 0 Å². The number of benzene rings is 10. The molecule has 0 bridgehead atoms. The molecule has 0 saturated heterocycles. The molecule has 0 unspecified atom stereocenters. The Morgan fingerprint density at radius 1 is 0.283 bits per heavy atom. The summed E-state index contributed by atoms with van der Waals surface area (Å²) in [6.07, 6.45) is 0. The van der Waals surface area contributed by atoms with Gasteiger partial charge in [-0.25, -0.2) is 0 Å². The highest BCUT2D eigenvalue weighted by Crippen LogP contribution is 2.58. The van der Waals surface area contributed by atoms with E-state index in [0.717, 1.165) is 17.1 Å². The molecule has 0 N–H and O–H groups in total. The molecule has 60 heavy (non-hydrogen) atoms. The van der Waals surface area contributed by atoms with Crippen LogP contribution in [-0.2, 0) is 5.41 Å². The summed E-state index contributed by atoms with van der Waals surface area (Å²) in [6, 6.07) is 87.4. The molecule has 2 aliphatic carbocycles. The Hall–Kier alpha value is -7.74. The SMILES string of the molecule is c1ccc(-c2ccc(N(c3ccc4c(c3)C(c3ccccc3)(c3ccccc3)c3cc(-c5ccccc5)ccc3-4)c3ccc4c5c(cccc35)-c3ccccc3-4)cc2)cc1. The van der Waals surface area contributed by atoms with Crippen molar-refractivity contribution in [2.75, 3.05) is 4.90 Å². The van der Waals surface area contributed by atoms with Crippen molar-refractivity contribution in [3.05, 3.63) is 259 Å². The minimum Gasteiger partial charge on any atom is -0.310 e. The van der Waals surface area contributed by atoms with Crippen LogP contribution in [0.25, 0.3) is 66.4 Å². The molecular formula is C59H39N. The summed E-state index contributed by atoms with van der Waals surface area (Å²) in [5.41, 5.74) is 20.4. The van der Waals surface area contributed by atoms with Gasteiger partial charge in [0.1, 0.15) is 0 Å². The number of rotatable bonds is 7. The van der Waals surface area contributed by atoms with E-state index in [1.807, 2.05) is 0 Å². The van der Waals surface area contributed by atoms with Gasteiger partial charge in [0.05, 0.1) is 11.1 Å². The van der Waals surface area contributed by atoms with E-state index in [-0.39, 0.29) is 0 Å². The first-order chi connectivity index (χ1) is 29.8. The molecule has 1 heteroatoms. The fourth-order valence-corrected chi connectivity index (χ4v) is 10.3. The second-order valence-electron chi connectivity index (χ2n) is 16.0. The highest BCUT2D eigenvalue weighted by atomic mass is 15.1. The summed E-state index contributed by atoms with van der Waals surface area (Å²) in [5, 5.41) is 2.55. The lowest BCUT2D eigenvalue weighted by Crippen LogP contribution is -2.28. The van der Waals surface area contributed by atoms with Crippen molar-refractivity contribution in [1.82, 2.24) is 0 Å².